The van der Waals surface area contributed by atoms with Gasteiger partial charge < -0.3 is 9.64 Å². The molecule has 2 rings (SSSR count). The lowest BCUT2D eigenvalue weighted by Crippen LogP contribution is -2.28. The summed E-state index contributed by atoms with van der Waals surface area (Å²) in [5, 5.41) is 0. The van der Waals surface area contributed by atoms with Crippen molar-refractivity contribution in [1.82, 2.24) is 4.90 Å². The van der Waals surface area contributed by atoms with Crippen LogP contribution in [0.25, 0.3) is 0 Å². The molecule has 0 aliphatic carbocycles. The molecule has 1 saturated heterocycles. The standard InChI is InChI=1S/C17H25NO2/c1-2-3-4-9-14-20-16-11-6-5-10-15(16)17(19)18-12-7-8-13-18/h5-6,10-11H,2-4,7-9,12-14H2,1H3. The van der Waals surface area contributed by atoms with Crippen LogP contribution in [-0.2, 0) is 0 Å². The Morgan fingerprint density at radius 1 is 1.15 bits per heavy atom. The molecule has 0 radical (unpaired) electrons. The first-order chi connectivity index (χ1) is 9.83. The lowest BCUT2D eigenvalue weighted by molar-refractivity contribution is 0.0788. The van der Waals surface area contributed by atoms with E-state index >= 15 is 0 Å². The predicted octanol–water partition coefficient (Wildman–Crippen LogP) is 3.88. The highest BCUT2D eigenvalue weighted by molar-refractivity contribution is 5.97. The van der Waals surface area contributed by atoms with Crippen molar-refractivity contribution in [3.63, 3.8) is 0 Å². The lowest BCUT2D eigenvalue weighted by Gasteiger charge is -2.17. The summed E-state index contributed by atoms with van der Waals surface area (Å²) in [5.74, 6) is 0.854. The number of unbranched alkanes of at least 4 members (excludes halogenated alkanes) is 3. The summed E-state index contributed by atoms with van der Waals surface area (Å²) in [6.07, 6.45) is 6.96. The molecule has 1 fully saturated rings. The fourth-order valence-electron chi connectivity index (χ4n) is 2.57. The smallest absolute Gasteiger partial charge is 0.257 e. The average molecular weight is 275 g/mol. The highest BCUT2D eigenvalue weighted by atomic mass is 16.5. The quantitative estimate of drug-likeness (QED) is 0.707. The molecule has 110 valence electrons. The topological polar surface area (TPSA) is 29.5 Å². The number of hydrogen-bond donors (Lipinski definition) is 0. The normalized spacial score (nSPS) is 14.6. The number of ether oxygens (including phenoxy) is 1. The number of amides is 1. The summed E-state index contributed by atoms with van der Waals surface area (Å²) in [6, 6.07) is 7.63. The number of hydrogen-bond acceptors (Lipinski definition) is 2. The van der Waals surface area contributed by atoms with E-state index in [1.165, 1.54) is 19.3 Å². The van der Waals surface area contributed by atoms with Crippen molar-refractivity contribution >= 4 is 5.91 Å². The first-order valence-electron chi connectivity index (χ1n) is 7.84. The molecule has 0 spiro atoms. The van der Waals surface area contributed by atoms with E-state index in [0.29, 0.717) is 12.2 Å². The maximum absolute atomic E-state index is 12.4. The van der Waals surface area contributed by atoms with E-state index in [1.54, 1.807) is 0 Å². The van der Waals surface area contributed by atoms with Crippen LogP contribution in [0.5, 0.6) is 5.75 Å². The van der Waals surface area contributed by atoms with Crippen molar-refractivity contribution in [2.24, 2.45) is 0 Å². The molecule has 0 unspecified atom stereocenters. The average Bonchev–Trinajstić information content (AvgIpc) is 3.01. The molecule has 1 aromatic carbocycles. The molecule has 0 aromatic heterocycles. The Morgan fingerprint density at radius 2 is 1.90 bits per heavy atom. The van der Waals surface area contributed by atoms with Crippen molar-refractivity contribution in [2.45, 2.75) is 45.4 Å². The SMILES string of the molecule is CCCCCCOc1ccccc1C(=O)N1CCCC1. The van der Waals surface area contributed by atoms with Crippen molar-refractivity contribution in [3.8, 4) is 5.75 Å². The van der Waals surface area contributed by atoms with Gasteiger partial charge in [0.2, 0.25) is 0 Å². The highest BCUT2D eigenvalue weighted by Crippen LogP contribution is 2.22. The minimum absolute atomic E-state index is 0.117. The molecule has 1 amide bonds. The summed E-state index contributed by atoms with van der Waals surface area (Å²) in [5.41, 5.74) is 0.713. The van der Waals surface area contributed by atoms with Crippen LogP contribution in [0.4, 0.5) is 0 Å². The Bertz CT molecular complexity index is 425. The minimum atomic E-state index is 0.117. The maximum Gasteiger partial charge on any atom is 0.257 e. The number of para-hydroxylation sites is 1. The van der Waals surface area contributed by atoms with Gasteiger partial charge in [-0.2, -0.15) is 0 Å². The zero-order valence-corrected chi connectivity index (χ0v) is 12.4. The van der Waals surface area contributed by atoms with E-state index in [4.69, 9.17) is 4.74 Å². The summed E-state index contributed by atoms with van der Waals surface area (Å²) in [4.78, 5) is 14.4. The van der Waals surface area contributed by atoms with Gasteiger partial charge in [0.25, 0.3) is 5.91 Å². The van der Waals surface area contributed by atoms with E-state index in [2.05, 4.69) is 6.92 Å². The van der Waals surface area contributed by atoms with Gasteiger partial charge in [0.15, 0.2) is 0 Å². The molecule has 20 heavy (non-hydrogen) atoms. The van der Waals surface area contributed by atoms with Crippen LogP contribution in [0.15, 0.2) is 24.3 Å². The summed E-state index contributed by atoms with van der Waals surface area (Å²) >= 11 is 0. The summed E-state index contributed by atoms with van der Waals surface area (Å²) < 4.78 is 5.82. The van der Waals surface area contributed by atoms with Gasteiger partial charge in [0.05, 0.1) is 12.2 Å². The third-order valence-corrected chi connectivity index (χ3v) is 3.77. The van der Waals surface area contributed by atoms with Crippen molar-refractivity contribution in [1.29, 1.82) is 0 Å². The zero-order chi connectivity index (χ0) is 14.2. The second-order valence-electron chi connectivity index (χ2n) is 5.40. The molecule has 1 aromatic rings. The molecule has 1 aliphatic rings. The number of carbonyl (C=O) groups excluding carboxylic acids is 1. The van der Waals surface area contributed by atoms with Crippen LogP contribution in [0, 0.1) is 0 Å². The van der Waals surface area contributed by atoms with Crippen LogP contribution in [0.3, 0.4) is 0 Å². The second kappa shape index (κ2) is 7.93. The first-order valence-corrected chi connectivity index (χ1v) is 7.84. The van der Waals surface area contributed by atoms with E-state index in [9.17, 15) is 4.79 Å². The van der Waals surface area contributed by atoms with Crippen molar-refractivity contribution < 1.29 is 9.53 Å². The van der Waals surface area contributed by atoms with Crippen LogP contribution >= 0.6 is 0 Å². The number of nitrogens with zero attached hydrogens (tertiary/aromatic N) is 1. The van der Waals surface area contributed by atoms with Crippen molar-refractivity contribution in [3.05, 3.63) is 29.8 Å². The van der Waals surface area contributed by atoms with Crippen LogP contribution in [0.2, 0.25) is 0 Å². The fraction of sp³-hybridized carbons (Fsp3) is 0.588. The predicted molar refractivity (Wildman–Crippen MR) is 81.2 cm³/mol. The van der Waals surface area contributed by atoms with Gasteiger partial charge in [-0.25, -0.2) is 0 Å². The van der Waals surface area contributed by atoms with Gasteiger partial charge in [-0.15, -0.1) is 0 Å². The Labute approximate surface area is 121 Å². The molecule has 3 nitrogen and oxygen atoms in total. The van der Waals surface area contributed by atoms with Crippen LogP contribution in [-0.4, -0.2) is 30.5 Å². The number of likely N-dealkylation sites (tertiary alicyclic amines) is 1. The first kappa shape index (κ1) is 14.9. The number of benzene rings is 1. The summed E-state index contributed by atoms with van der Waals surface area (Å²) in [7, 11) is 0. The molecule has 0 atom stereocenters. The Balaban J connectivity index is 1.93. The van der Waals surface area contributed by atoms with Gasteiger partial charge in [-0.1, -0.05) is 38.3 Å². The van der Waals surface area contributed by atoms with Gasteiger partial charge in [-0.05, 0) is 31.4 Å². The third-order valence-electron chi connectivity index (χ3n) is 3.77. The summed E-state index contributed by atoms with van der Waals surface area (Å²) in [6.45, 7) is 4.66. The molecular formula is C17H25NO2. The van der Waals surface area contributed by atoms with E-state index in [-0.39, 0.29) is 5.91 Å². The van der Waals surface area contributed by atoms with Gasteiger partial charge in [-0.3, -0.25) is 4.79 Å². The van der Waals surface area contributed by atoms with Crippen molar-refractivity contribution in [2.75, 3.05) is 19.7 Å². The molecule has 1 aliphatic heterocycles. The molecule has 3 heteroatoms. The van der Waals surface area contributed by atoms with E-state index in [0.717, 1.165) is 38.1 Å². The zero-order valence-electron chi connectivity index (χ0n) is 12.4. The lowest BCUT2D eigenvalue weighted by atomic mass is 10.1. The number of carbonyl (C=O) groups is 1. The molecular weight excluding hydrogens is 250 g/mol. The minimum Gasteiger partial charge on any atom is -0.493 e. The Morgan fingerprint density at radius 3 is 2.65 bits per heavy atom. The van der Waals surface area contributed by atoms with E-state index < -0.39 is 0 Å². The van der Waals surface area contributed by atoms with E-state index in [1.807, 2.05) is 29.2 Å². The molecule has 1 heterocycles. The highest BCUT2D eigenvalue weighted by Gasteiger charge is 2.22. The molecule has 0 N–H and O–H groups in total. The van der Waals surface area contributed by atoms with Gasteiger partial charge >= 0.3 is 0 Å². The number of rotatable bonds is 7. The monoisotopic (exact) mass is 275 g/mol. The molecule has 0 saturated carbocycles. The maximum atomic E-state index is 12.4. The Hall–Kier alpha value is -1.51. The largest absolute Gasteiger partial charge is 0.493 e. The van der Waals surface area contributed by atoms with Gasteiger partial charge in [0.1, 0.15) is 5.75 Å². The fourth-order valence-corrected chi connectivity index (χ4v) is 2.57. The van der Waals surface area contributed by atoms with Crippen LogP contribution in [0.1, 0.15) is 55.8 Å². The van der Waals surface area contributed by atoms with Crippen LogP contribution < -0.4 is 4.74 Å². The molecule has 0 bridgehead atoms. The second-order valence-corrected chi connectivity index (χ2v) is 5.40. The Kier molecular flexibility index (Phi) is 5.90. The van der Waals surface area contributed by atoms with Gasteiger partial charge in [0, 0.05) is 13.1 Å². The third kappa shape index (κ3) is 3.99.